The number of rotatable bonds is 2. The normalized spacial score (nSPS) is 31.1. The topological polar surface area (TPSA) is 62.5 Å². The van der Waals surface area contributed by atoms with E-state index in [2.05, 4.69) is 5.32 Å². The van der Waals surface area contributed by atoms with Crippen molar-refractivity contribution in [2.24, 2.45) is 0 Å². The van der Waals surface area contributed by atoms with E-state index in [1.807, 2.05) is 6.07 Å². The highest BCUT2D eigenvalue weighted by molar-refractivity contribution is 7.99. The van der Waals surface area contributed by atoms with Crippen molar-refractivity contribution in [2.45, 2.75) is 37.3 Å². The molecule has 1 fully saturated rings. The fourth-order valence-electron chi connectivity index (χ4n) is 2.66. The molecule has 1 saturated heterocycles. The van der Waals surface area contributed by atoms with Crippen molar-refractivity contribution in [2.75, 3.05) is 11.5 Å². The van der Waals surface area contributed by atoms with Gasteiger partial charge in [-0.2, -0.15) is 11.8 Å². The summed E-state index contributed by atoms with van der Waals surface area (Å²) in [5, 5.41) is 13.2. The van der Waals surface area contributed by atoms with Gasteiger partial charge in [0.15, 0.2) is 5.60 Å². The number of carbonyl (C=O) groups excluding carboxylic acids is 1. The Labute approximate surface area is 110 Å². The van der Waals surface area contributed by atoms with Crippen LogP contribution in [0.2, 0.25) is 0 Å². The van der Waals surface area contributed by atoms with Gasteiger partial charge in [-0.25, -0.2) is 0 Å². The lowest BCUT2D eigenvalue weighted by atomic mass is 9.92. The maximum absolute atomic E-state index is 12.2. The Morgan fingerprint density at radius 3 is 3.28 bits per heavy atom. The monoisotopic (exact) mass is 267 g/mol. The summed E-state index contributed by atoms with van der Waals surface area (Å²) in [5.74, 6) is 2.10. The van der Waals surface area contributed by atoms with Crippen LogP contribution in [0.25, 0.3) is 0 Å². The maximum Gasteiger partial charge on any atom is 0.253 e. The molecule has 0 radical (unpaired) electrons. The largest absolute Gasteiger partial charge is 0.469 e. The summed E-state index contributed by atoms with van der Waals surface area (Å²) in [7, 11) is 0. The average Bonchev–Trinajstić information content (AvgIpc) is 2.98. The first kappa shape index (κ1) is 12.1. The van der Waals surface area contributed by atoms with Crippen molar-refractivity contribution >= 4 is 17.7 Å². The van der Waals surface area contributed by atoms with Gasteiger partial charge < -0.3 is 14.8 Å². The lowest BCUT2D eigenvalue weighted by molar-refractivity contribution is -0.138. The summed E-state index contributed by atoms with van der Waals surface area (Å²) in [6.45, 7) is 0. The molecule has 0 saturated carbocycles. The number of aliphatic hydroxyl groups is 1. The summed E-state index contributed by atoms with van der Waals surface area (Å²) in [4.78, 5) is 12.2. The highest BCUT2D eigenvalue weighted by Crippen LogP contribution is 2.33. The molecule has 1 aliphatic heterocycles. The van der Waals surface area contributed by atoms with E-state index in [-0.39, 0.29) is 11.9 Å². The minimum atomic E-state index is -1.17. The number of fused-ring (bicyclic) bond motifs is 1. The van der Waals surface area contributed by atoms with E-state index in [4.69, 9.17) is 4.42 Å². The Kier molecular flexibility index (Phi) is 3.11. The molecule has 2 aliphatic rings. The van der Waals surface area contributed by atoms with Crippen molar-refractivity contribution in [3.05, 3.63) is 23.7 Å². The number of nitrogens with one attached hydrogen (secondary N) is 1. The molecule has 2 unspecified atom stereocenters. The average molecular weight is 267 g/mol. The molecule has 98 valence electrons. The highest BCUT2D eigenvalue weighted by Gasteiger charge is 2.40. The number of carbonyl (C=O) groups is 1. The molecule has 1 aromatic rings. The van der Waals surface area contributed by atoms with Gasteiger partial charge in [-0.05, 0) is 31.1 Å². The van der Waals surface area contributed by atoms with Crippen molar-refractivity contribution in [3.63, 3.8) is 0 Å². The minimum absolute atomic E-state index is 0.00498. The summed E-state index contributed by atoms with van der Waals surface area (Å²) >= 11 is 1.63. The molecule has 2 N–H and O–H groups in total. The van der Waals surface area contributed by atoms with Gasteiger partial charge >= 0.3 is 0 Å². The summed E-state index contributed by atoms with van der Waals surface area (Å²) in [6.07, 6.45) is 5.10. The molecule has 2 heterocycles. The van der Waals surface area contributed by atoms with Crippen molar-refractivity contribution in [3.8, 4) is 0 Å². The molecule has 1 amide bonds. The fraction of sp³-hybridized carbons (Fsp3) is 0.615. The quantitative estimate of drug-likeness (QED) is 0.855. The number of hydrogen-bond donors (Lipinski definition) is 2. The van der Waals surface area contributed by atoms with E-state index >= 15 is 0 Å². The van der Waals surface area contributed by atoms with Crippen molar-refractivity contribution in [1.29, 1.82) is 0 Å². The molecule has 0 bridgehead atoms. The van der Waals surface area contributed by atoms with Crippen LogP contribution >= 0.6 is 11.8 Å². The smallest absolute Gasteiger partial charge is 0.253 e. The Morgan fingerprint density at radius 2 is 2.50 bits per heavy atom. The second-order valence-corrected chi connectivity index (χ2v) is 6.16. The first-order valence-corrected chi connectivity index (χ1v) is 7.52. The molecule has 0 spiro atoms. The molecule has 18 heavy (non-hydrogen) atoms. The van der Waals surface area contributed by atoms with Gasteiger partial charge in [0.1, 0.15) is 5.76 Å². The molecule has 2 atom stereocenters. The van der Waals surface area contributed by atoms with Crippen LogP contribution in [0.3, 0.4) is 0 Å². The second kappa shape index (κ2) is 4.63. The van der Waals surface area contributed by atoms with Crippen LogP contribution in [0.4, 0.5) is 0 Å². The van der Waals surface area contributed by atoms with Crippen LogP contribution in [-0.4, -0.2) is 28.1 Å². The number of aryl methyl sites for hydroxylation is 1. The predicted octanol–water partition coefficient (Wildman–Crippen LogP) is 1.64. The second-order valence-electron chi connectivity index (χ2n) is 5.05. The van der Waals surface area contributed by atoms with E-state index < -0.39 is 5.60 Å². The van der Waals surface area contributed by atoms with Crippen LogP contribution in [0.1, 0.15) is 36.6 Å². The highest BCUT2D eigenvalue weighted by atomic mass is 32.2. The number of furan rings is 1. The minimum Gasteiger partial charge on any atom is -0.469 e. The third-order valence-electron chi connectivity index (χ3n) is 3.78. The first-order valence-electron chi connectivity index (χ1n) is 6.36. The van der Waals surface area contributed by atoms with Gasteiger partial charge in [-0.1, -0.05) is 0 Å². The summed E-state index contributed by atoms with van der Waals surface area (Å²) in [6, 6.07) is 1.92. The molecule has 4 nitrogen and oxygen atoms in total. The molecular weight excluding hydrogens is 250 g/mol. The van der Waals surface area contributed by atoms with E-state index in [0.717, 1.165) is 36.3 Å². The lowest BCUT2D eigenvalue weighted by Crippen LogP contribution is -2.48. The Morgan fingerprint density at radius 1 is 1.61 bits per heavy atom. The summed E-state index contributed by atoms with van der Waals surface area (Å²) < 4.78 is 5.40. The van der Waals surface area contributed by atoms with Gasteiger partial charge in [0.05, 0.1) is 12.3 Å². The SMILES string of the molecule is O=C(NC1CCCc2occc21)C1(O)CCSC1. The third-order valence-corrected chi connectivity index (χ3v) is 4.96. The first-order chi connectivity index (χ1) is 8.69. The predicted molar refractivity (Wildman–Crippen MR) is 69.4 cm³/mol. The maximum atomic E-state index is 12.2. The van der Waals surface area contributed by atoms with E-state index in [9.17, 15) is 9.90 Å². The number of thioether (sulfide) groups is 1. The molecule has 3 rings (SSSR count). The van der Waals surface area contributed by atoms with E-state index in [1.165, 1.54) is 0 Å². The van der Waals surface area contributed by atoms with Crippen molar-refractivity contribution in [1.82, 2.24) is 5.32 Å². The molecule has 0 aromatic carbocycles. The third kappa shape index (κ3) is 2.06. The molecule has 5 heteroatoms. The van der Waals surface area contributed by atoms with Gasteiger partial charge in [-0.15, -0.1) is 0 Å². The Balaban J connectivity index is 1.73. The van der Waals surface area contributed by atoms with Crippen LogP contribution in [0.5, 0.6) is 0 Å². The van der Waals surface area contributed by atoms with Crippen LogP contribution in [0, 0.1) is 0 Å². The van der Waals surface area contributed by atoms with Gasteiger partial charge in [-0.3, -0.25) is 4.79 Å². The summed E-state index contributed by atoms with van der Waals surface area (Å²) in [5.41, 5.74) is -0.102. The van der Waals surface area contributed by atoms with Gasteiger partial charge in [0.25, 0.3) is 5.91 Å². The number of hydrogen-bond acceptors (Lipinski definition) is 4. The van der Waals surface area contributed by atoms with E-state index in [0.29, 0.717) is 12.2 Å². The van der Waals surface area contributed by atoms with Gasteiger partial charge in [0, 0.05) is 17.7 Å². The van der Waals surface area contributed by atoms with Crippen LogP contribution < -0.4 is 5.32 Å². The van der Waals surface area contributed by atoms with Crippen LogP contribution in [0.15, 0.2) is 16.7 Å². The van der Waals surface area contributed by atoms with E-state index in [1.54, 1.807) is 18.0 Å². The molecule has 1 aliphatic carbocycles. The Bertz CT molecular complexity index is 451. The fourth-order valence-corrected chi connectivity index (χ4v) is 3.90. The number of amides is 1. The Hall–Kier alpha value is -0.940. The molecule has 1 aromatic heterocycles. The van der Waals surface area contributed by atoms with Gasteiger partial charge in [0.2, 0.25) is 0 Å². The standard InChI is InChI=1S/C13H17NO3S/c15-12(13(16)5-7-18-8-13)14-10-2-1-3-11-9(10)4-6-17-11/h4,6,10,16H,1-3,5,7-8H2,(H,14,15). The van der Waals surface area contributed by atoms with Crippen molar-refractivity contribution < 1.29 is 14.3 Å². The lowest BCUT2D eigenvalue weighted by Gasteiger charge is -2.27. The zero-order valence-corrected chi connectivity index (χ0v) is 11.0. The van der Waals surface area contributed by atoms with Crippen LogP contribution in [-0.2, 0) is 11.2 Å². The zero-order chi connectivity index (χ0) is 12.6. The molecular formula is C13H17NO3S. The zero-order valence-electron chi connectivity index (χ0n) is 10.1.